The van der Waals surface area contributed by atoms with Gasteiger partial charge in [0.15, 0.2) is 8.32 Å². The second kappa shape index (κ2) is 9.96. The van der Waals surface area contributed by atoms with E-state index >= 15 is 0 Å². The van der Waals surface area contributed by atoms with Gasteiger partial charge in [0, 0.05) is 6.61 Å². The summed E-state index contributed by atoms with van der Waals surface area (Å²) in [5.74, 6) is 0. The molecule has 0 aromatic heterocycles. The van der Waals surface area contributed by atoms with Gasteiger partial charge in [0.2, 0.25) is 0 Å². The number of hydrogen-bond acceptors (Lipinski definition) is 2. The van der Waals surface area contributed by atoms with Crippen molar-refractivity contribution in [2.24, 2.45) is 0 Å². The molecule has 0 aliphatic heterocycles. The molecule has 2 nitrogen and oxygen atoms in total. The molecule has 0 spiro atoms. The van der Waals surface area contributed by atoms with Crippen LogP contribution < -0.4 is 0 Å². The topological polar surface area (TPSA) is 29.5 Å². The van der Waals surface area contributed by atoms with Gasteiger partial charge in [-0.3, -0.25) is 0 Å². The van der Waals surface area contributed by atoms with Crippen LogP contribution in [0.5, 0.6) is 0 Å². The van der Waals surface area contributed by atoms with Gasteiger partial charge in [-0.05, 0) is 37.4 Å². The number of aliphatic hydroxyl groups is 1. The van der Waals surface area contributed by atoms with Crippen molar-refractivity contribution in [2.75, 3.05) is 6.61 Å². The molecule has 122 valence electrons. The van der Waals surface area contributed by atoms with Gasteiger partial charge in [-0.15, -0.1) is 0 Å². The Kier molecular flexibility index (Phi) is 10.0. The highest BCUT2D eigenvalue weighted by Gasteiger charge is 2.36. The SMILES string of the molecule is CCCCCCCC(O)CCCO[Si](C)(C)C(C)(C)C. The Morgan fingerprint density at radius 3 is 2.05 bits per heavy atom. The maximum Gasteiger partial charge on any atom is 0.191 e. The summed E-state index contributed by atoms with van der Waals surface area (Å²) in [5, 5.41) is 10.2. The molecule has 0 radical (unpaired) electrons. The molecule has 0 aromatic rings. The van der Waals surface area contributed by atoms with Crippen LogP contribution in [-0.2, 0) is 4.43 Å². The van der Waals surface area contributed by atoms with Gasteiger partial charge >= 0.3 is 0 Å². The van der Waals surface area contributed by atoms with Gasteiger partial charge in [0.1, 0.15) is 0 Å². The van der Waals surface area contributed by atoms with Crippen LogP contribution in [0.2, 0.25) is 18.1 Å². The molecule has 1 unspecified atom stereocenters. The predicted molar refractivity (Wildman–Crippen MR) is 91.8 cm³/mol. The Morgan fingerprint density at radius 1 is 0.950 bits per heavy atom. The molecule has 0 saturated carbocycles. The minimum atomic E-state index is -1.60. The van der Waals surface area contributed by atoms with Crippen molar-refractivity contribution >= 4 is 8.32 Å². The van der Waals surface area contributed by atoms with E-state index in [1.165, 1.54) is 32.1 Å². The van der Waals surface area contributed by atoms with Gasteiger partial charge in [0.05, 0.1) is 6.10 Å². The van der Waals surface area contributed by atoms with Gasteiger partial charge in [-0.1, -0.05) is 59.8 Å². The van der Waals surface area contributed by atoms with Crippen LogP contribution in [0.1, 0.15) is 79.1 Å². The highest BCUT2D eigenvalue weighted by atomic mass is 28.4. The molecule has 0 aliphatic rings. The molecule has 1 N–H and O–H groups in total. The summed E-state index contributed by atoms with van der Waals surface area (Å²) in [6.45, 7) is 14.4. The minimum absolute atomic E-state index is 0.125. The van der Waals surface area contributed by atoms with Crippen LogP contribution in [0.15, 0.2) is 0 Å². The highest BCUT2D eigenvalue weighted by molar-refractivity contribution is 6.74. The first-order chi connectivity index (χ1) is 9.20. The van der Waals surface area contributed by atoms with Crippen molar-refractivity contribution in [1.82, 2.24) is 0 Å². The molecule has 0 aliphatic carbocycles. The third kappa shape index (κ3) is 9.14. The zero-order valence-corrected chi connectivity index (χ0v) is 15.8. The van der Waals surface area contributed by atoms with E-state index < -0.39 is 8.32 Å². The summed E-state index contributed by atoms with van der Waals surface area (Å²) in [5.41, 5.74) is 0. The van der Waals surface area contributed by atoms with E-state index in [0.29, 0.717) is 0 Å². The zero-order chi connectivity index (χ0) is 15.6. The summed E-state index contributed by atoms with van der Waals surface area (Å²) in [6.07, 6.45) is 9.09. The molecule has 3 heteroatoms. The number of hydrogen-bond donors (Lipinski definition) is 1. The lowest BCUT2D eigenvalue weighted by Crippen LogP contribution is -2.41. The van der Waals surface area contributed by atoms with Crippen LogP contribution >= 0.6 is 0 Å². The molecule has 0 bridgehead atoms. The van der Waals surface area contributed by atoms with Crippen LogP contribution in [0.4, 0.5) is 0 Å². The first-order valence-corrected chi connectivity index (χ1v) is 11.4. The van der Waals surface area contributed by atoms with Gasteiger partial charge in [-0.25, -0.2) is 0 Å². The van der Waals surface area contributed by atoms with Gasteiger partial charge in [-0.2, -0.15) is 0 Å². The van der Waals surface area contributed by atoms with Gasteiger partial charge < -0.3 is 9.53 Å². The second-order valence-electron chi connectivity index (χ2n) is 7.61. The van der Waals surface area contributed by atoms with E-state index in [2.05, 4.69) is 40.8 Å². The Bertz CT molecular complexity index is 234. The van der Waals surface area contributed by atoms with Crippen LogP contribution in [-0.4, -0.2) is 26.1 Å². The lowest BCUT2D eigenvalue weighted by atomic mass is 10.1. The fraction of sp³-hybridized carbons (Fsp3) is 1.00. The van der Waals surface area contributed by atoms with Crippen LogP contribution in [0.3, 0.4) is 0 Å². The van der Waals surface area contributed by atoms with Gasteiger partial charge in [0.25, 0.3) is 0 Å². The first-order valence-electron chi connectivity index (χ1n) is 8.52. The normalized spacial score (nSPS) is 14.6. The molecule has 0 heterocycles. The number of unbranched alkanes of at least 4 members (excludes halogenated alkanes) is 4. The highest BCUT2D eigenvalue weighted by Crippen LogP contribution is 2.36. The molecule has 0 rings (SSSR count). The largest absolute Gasteiger partial charge is 0.417 e. The summed E-state index contributed by atoms with van der Waals surface area (Å²) >= 11 is 0. The molecule has 0 saturated heterocycles. The van der Waals surface area contributed by atoms with Crippen molar-refractivity contribution in [1.29, 1.82) is 0 Å². The third-order valence-corrected chi connectivity index (χ3v) is 9.13. The lowest BCUT2D eigenvalue weighted by Gasteiger charge is -2.36. The molecular formula is C17H38O2Si. The van der Waals surface area contributed by atoms with Crippen LogP contribution in [0, 0.1) is 0 Å². The fourth-order valence-electron chi connectivity index (χ4n) is 1.99. The summed E-state index contributed by atoms with van der Waals surface area (Å²) in [6, 6.07) is 0. The first kappa shape index (κ1) is 20.1. The lowest BCUT2D eigenvalue weighted by molar-refractivity contribution is 0.138. The summed E-state index contributed by atoms with van der Waals surface area (Å²) < 4.78 is 6.13. The van der Waals surface area contributed by atoms with E-state index in [-0.39, 0.29) is 11.1 Å². The summed E-state index contributed by atoms with van der Waals surface area (Å²) in [7, 11) is -1.60. The monoisotopic (exact) mass is 302 g/mol. The Morgan fingerprint density at radius 2 is 1.50 bits per heavy atom. The Balaban J connectivity index is 3.60. The Labute approximate surface area is 128 Å². The quantitative estimate of drug-likeness (QED) is 0.403. The van der Waals surface area contributed by atoms with Crippen molar-refractivity contribution < 1.29 is 9.53 Å². The fourth-order valence-corrected chi connectivity index (χ4v) is 3.08. The second-order valence-corrected chi connectivity index (χ2v) is 12.4. The van der Waals surface area contributed by atoms with Crippen molar-refractivity contribution in [3.05, 3.63) is 0 Å². The van der Waals surface area contributed by atoms with Crippen molar-refractivity contribution in [2.45, 2.75) is 103 Å². The van der Waals surface area contributed by atoms with E-state index in [4.69, 9.17) is 4.43 Å². The molecule has 20 heavy (non-hydrogen) atoms. The molecule has 1 atom stereocenters. The standard InChI is InChI=1S/C17H38O2Si/c1-7-8-9-10-11-13-16(18)14-12-15-19-20(5,6)17(2,3)4/h16,18H,7-15H2,1-6H3. The van der Waals surface area contributed by atoms with E-state index in [1.54, 1.807) is 0 Å². The Hall–Kier alpha value is 0.137. The van der Waals surface area contributed by atoms with Crippen LogP contribution in [0.25, 0.3) is 0 Å². The van der Waals surface area contributed by atoms with E-state index in [9.17, 15) is 5.11 Å². The number of aliphatic hydroxyl groups excluding tert-OH is 1. The maximum absolute atomic E-state index is 9.95. The summed E-state index contributed by atoms with van der Waals surface area (Å²) in [4.78, 5) is 0. The van der Waals surface area contributed by atoms with Crippen molar-refractivity contribution in [3.63, 3.8) is 0 Å². The van der Waals surface area contributed by atoms with E-state index in [0.717, 1.165) is 25.9 Å². The minimum Gasteiger partial charge on any atom is -0.417 e. The average Bonchev–Trinajstić information content (AvgIpc) is 2.33. The average molecular weight is 303 g/mol. The van der Waals surface area contributed by atoms with E-state index in [1.807, 2.05) is 0 Å². The zero-order valence-electron chi connectivity index (χ0n) is 14.8. The molecular weight excluding hydrogens is 264 g/mol. The number of rotatable bonds is 11. The maximum atomic E-state index is 9.95. The predicted octanol–water partition coefficient (Wildman–Crippen LogP) is 5.51. The smallest absolute Gasteiger partial charge is 0.191 e. The molecule has 0 fully saturated rings. The van der Waals surface area contributed by atoms with Crippen molar-refractivity contribution in [3.8, 4) is 0 Å². The third-order valence-electron chi connectivity index (χ3n) is 4.59. The molecule has 0 aromatic carbocycles. The molecule has 0 amide bonds.